The number of aromatic carboxylic acids is 1. The molecule has 0 radical (unpaired) electrons. The Bertz CT molecular complexity index is 450. The summed E-state index contributed by atoms with van der Waals surface area (Å²) in [6.45, 7) is 0. The fourth-order valence-electron chi connectivity index (χ4n) is 2.30. The van der Waals surface area contributed by atoms with E-state index in [1.807, 2.05) is 0 Å². The number of nitrogens with one attached hydrogen (secondary N) is 1. The zero-order valence-electron chi connectivity index (χ0n) is 9.90. The van der Waals surface area contributed by atoms with E-state index in [9.17, 15) is 9.90 Å². The van der Waals surface area contributed by atoms with Crippen LogP contribution in [0, 0.1) is 0 Å². The quantitative estimate of drug-likeness (QED) is 0.789. The lowest BCUT2D eigenvalue weighted by atomic mass is 9.92. The van der Waals surface area contributed by atoms with Gasteiger partial charge in [-0.25, -0.2) is 4.79 Å². The van der Waals surface area contributed by atoms with E-state index in [0.29, 0.717) is 10.7 Å². The van der Waals surface area contributed by atoms with E-state index < -0.39 is 12.1 Å². The van der Waals surface area contributed by atoms with Crippen molar-refractivity contribution in [3.63, 3.8) is 0 Å². The fraction of sp³-hybridized carbons (Fsp3) is 0.462. The number of halogens is 1. The van der Waals surface area contributed by atoms with Crippen LogP contribution in [0.1, 0.15) is 36.0 Å². The van der Waals surface area contributed by atoms with Crippen LogP contribution in [0.15, 0.2) is 18.2 Å². The molecule has 0 saturated heterocycles. The van der Waals surface area contributed by atoms with Crippen molar-refractivity contribution < 1.29 is 15.0 Å². The third-order valence-corrected chi connectivity index (χ3v) is 3.52. The molecule has 0 spiro atoms. The van der Waals surface area contributed by atoms with E-state index in [-0.39, 0.29) is 11.6 Å². The van der Waals surface area contributed by atoms with Crippen molar-refractivity contribution >= 4 is 23.3 Å². The van der Waals surface area contributed by atoms with Gasteiger partial charge in [0.2, 0.25) is 0 Å². The molecule has 1 aromatic rings. The predicted octanol–water partition coefficient (Wildman–Crippen LogP) is 2.75. The summed E-state index contributed by atoms with van der Waals surface area (Å²) in [5.41, 5.74) is 0.651. The minimum Gasteiger partial charge on any atom is -0.478 e. The van der Waals surface area contributed by atoms with Crippen molar-refractivity contribution in [2.45, 2.75) is 37.8 Å². The maximum absolute atomic E-state index is 11.1. The number of hydrogen-bond acceptors (Lipinski definition) is 3. The van der Waals surface area contributed by atoms with Gasteiger partial charge in [0, 0.05) is 10.7 Å². The topological polar surface area (TPSA) is 69.6 Å². The van der Waals surface area contributed by atoms with Crippen molar-refractivity contribution in [1.29, 1.82) is 0 Å². The molecule has 3 N–H and O–H groups in total. The number of hydrogen-bond donors (Lipinski definition) is 3. The summed E-state index contributed by atoms with van der Waals surface area (Å²) < 4.78 is 0. The molecule has 1 fully saturated rings. The molecule has 2 rings (SSSR count). The van der Waals surface area contributed by atoms with Crippen LogP contribution in [-0.4, -0.2) is 28.3 Å². The molecule has 0 bridgehead atoms. The average molecular weight is 270 g/mol. The van der Waals surface area contributed by atoms with Crippen LogP contribution in [0.2, 0.25) is 5.02 Å². The predicted molar refractivity (Wildman–Crippen MR) is 70.3 cm³/mol. The molecule has 98 valence electrons. The van der Waals surface area contributed by atoms with Gasteiger partial charge in [0.1, 0.15) is 0 Å². The largest absolute Gasteiger partial charge is 0.478 e. The van der Waals surface area contributed by atoms with E-state index >= 15 is 0 Å². The standard InChI is InChI=1S/C13H16ClNO3/c14-8-5-6-10(9(7-8)13(17)18)15-11-3-1-2-4-12(11)16/h5-7,11-12,15-16H,1-4H2,(H,17,18). The molecule has 18 heavy (non-hydrogen) atoms. The maximum Gasteiger partial charge on any atom is 0.337 e. The van der Waals surface area contributed by atoms with Gasteiger partial charge in [-0.1, -0.05) is 24.4 Å². The van der Waals surface area contributed by atoms with E-state index in [0.717, 1.165) is 25.7 Å². The first-order chi connectivity index (χ1) is 8.58. The highest BCUT2D eigenvalue weighted by molar-refractivity contribution is 6.31. The Balaban J connectivity index is 2.20. The molecule has 0 aliphatic heterocycles. The van der Waals surface area contributed by atoms with Crippen molar-refractivity contribution in [3.05, 3.63) is 28.8 Å². The lowest BCUT2D eigenvalue weighted by molar-refractivity contribution is 0.0697. The number of carboxylic acid groups (broad SMARTS) is 1. The van der Waals surface area contributed by atoms with Crippen LogP contribution in [-0.2, 0) is 0 Å². The fourth-order valence-corrected chi connectivity index (χ4v) is 2.47. The number of aliphatic hydroxyl groups excluding tert-OH is 1. The highest BCUT2D eigenvalue weighted by Crippen LogP contribution is 2.26. The lowest BCUT2D eigenvalue weighted by Gasteiger charge is -2.29. The second kappa shape index (κ2) is 5.59. The Labute approximate surface area is 111 Å². The number of anilines is 1. The van der Waals surface area contributed by atoms with Crippen molar-refractivity contribution in [3.8, 4) is 0 Å². The SMILES string of the molecule is O=C(O)c1cc(Cl)ccc1NC1CCCCC1O. The van der Waals surface area contributed by atoms with Crippen LogP contribution in [0.5, 0.6) is 0 Å². The maximum atomic E-state index is 11.1. The van der Waals surface area contributed by atoms with Gasteiger partial charge in [0.05, 0.1) is 17.7 Å². The second-order valence-electron chi connectivity index (χ2n) is 4.60. The van der Waals surface area contributed by atoms with E-state index in [1.54, 1.807) is 12.1 Å². The van der Waals surface area contributed by atoms with Gasteiger partial charge in [-0.05, 0) is 31.0 Å². The molecule has 2 atom stereocenters. The third kappa shape index (κ3) is 2.94. The van der Waals surface area contributed by atoms with Crippen LogP contribution < -0.4 is 5.32 Å². The molecular weight excluding hydrogens is 254 g/mol. The van der Waals surface area contributed by atoms with Gasteiger partial charge in [-0.15, -0.1) is 0 Å². The van der Waals surface area contributed by atoms with E-state index in [1.165, 1.54) is 6.07 Å². The number of aliphatic hydroxyl groups is 1. The minimum absolute atomic E-state index is 0.0852. The van der Waals surface area contributed by atoms with Crippen molar-refractivity contribution in [2.24, 2.45) is 0 Å². The Kier molecular flexibility index (Phi) is 4.09. The van der Waals surface area contributed by atoms with E-state index in [2.05, 4.69) is 5.32 Å². The van der Waals surface area contributed by atoms with Crippen LogP contribution in [0.4, 0.5) is 5.69 Å². The number of benzene rings is 1. The highest BCUT2D eigenvalue weighted by atomic mass is 35.5. The molecule has 0 heterocycles. The zero-order chi connectivity index (χ0) is 13.1. The summed E-state index contributed by atoms with van der Waals surface area (Å²) in [6, 6.07) is 4.62. The zero-order valence-corrected chi connectivity index (χ0v) is 10.7. The van der Waals surface area contributed by atoms with Crippen LogP contribution in [0.3, 0.4) is 0 Å². The number of rotatable bonds is 3. The Morgan fingerprint density at radius 2 is 2.06 bits per heavy atom. The third-order valence-electron chi connectivity index (χ3n) is 3.28. The molecule has 0 amide bonds. The van der Waals surface area contributed by atoms with Crippen LogP contribution in [0.25, 0.3) is 0 Å². The number of carbonyl (C=O) groups is 1. The summed E-state index contributed by atoms with van der Waals surface area (Å²) in [4.78, 5) is 11.1. The molecular formula is C13H16ClNO3. The normalized spacial score (nSPS) is 23.7. The molecule has 5 heteroatoms. The summed E-state index contributed by atoms with van der Waals surface area (Å²) in [5.74, 6) is -1.02. The Hall–Kier alpha value is -1.26. The lowest BCUT2D eigenvalue weighted by Crippen LogP contribution is -2.36. The molecule has 2 unspecified atom stereocenters. The van der Waals surface area contributed by atoms with Gasteiger partial charge in [0.25, 0.3) is 0 Å². The summed E-state index contributed by atoms with van der Waals surface area (Å²) in [5, 5.41) is 22.5. The minimum atomic E-state index is -1.02. The van der Waals surface area contributed by atoms with Gasteiger partial charge in [0.15, 0.2) is 0 Å². The van der Waals surface area contributed by atoms with E-state index in [4.69, 9.17) is 16.7 Å². The smallest absolute Gasteiger partial charge is 0.337 e. The van der Waals surface area contributed by atoms with Crippen LogP contribution >= 0.6 is 11.6 Å². The van der Waals surface area contributed by atoms with Gasteiger partial charge in [-0.2, -0.15) is 0 Å². The summed E-state index contributed by atoms with van der Waals surface area (Å²) >= 11 is 5.79. The number of carboxylic acids is 1. The van der Waals surface area contributed by atoms with Gasteiger partial charge in [-0.3, -0.25) is 0 Å². The summed E-state index contributed by atoms with van der Waals surface area (Å²) in [7, 11) is 0. The van der Waals surface area contributed by atoms with Crippen molar-refractivity contribution in [1.82, 2.24) is 0 Å². The molecule has 1 aliphatic rings. The average Bonchev–Trinajstić information content (AvgIpc) is 2.34. The second-order valence-corrected chi connectivity index (χ2v) is 5.03. The first kappa shape index (κ1) is 13.2. The summed E-state index contributed by atoms with van der Waals surface area (Å²) in [6.07, 6.45) is 3.25. The Morgan fingerprint density at radius 3 is 2.72 bits per heavy atom. The molecule has 1 aromatic carbocycles. The Morgan fingerprint density at radius 1 is 1.33 bits per heavy atom. The highest BCUT2D eigenvalue weighted by Gasteiger charge is 2.24. The molecule has 0 aromatic heterocycles. The van der Waals surface area contributed by atoms with Gasteiger partial charge >= 0.3 is 5.97 Å². The van der Waals surface area contributed by atoms with Gasteiger partial charge < -0.3 is 15.5 Å². The first-order valence-electron chi connectivity index (χ1n) is 6.05. The first-order valence-corrected chi connectivity index (χ1v) is 6.43. The monoisotopic (exact) mass is 269 g/mol. The van der Waals surface area contributed by atoms with Crippen molar-refractivity contribution in [2.75, 3.05) is 5.32 Å². The molecule has 1 saturated carbocycles. The molecule has 4 nitrogen and oxygen atoms in total. The molecule has 1 aliphatic carbocycles.